The van der Waals surface area contributed by atoms with Gasteiger partial charge in [-0.3, -0.25) is 4.79 Å². The number of benzene rings is 2. The zero-order valence-corrected chi connectivity index (χ0v) is 18.2. The molecule has 1 heterocycles. The van der Waals surface area contributed by atoms with Crippen LogP contribution in [0.3, 0.4) is 0 Å². The molecule has 0 saturated carbocycles. The third kappa shape index (κ3) is 5.39. The lowest BCUT2D eigenvalue weighted by atomic mass is 10.1. The third-order valence-corrected chi connectivity index (χ3v) is 6.68. The number of amides is 3. The Morgan fingerprint density at radius 1 is 1.00 bits per heavy atom. The normalized spacial score (nSPS) is 15.0. The van der Waals surface area contributed by atoms with Crippen LogP contribution in [0.4, 0.5) is 14.9 Å². The van der Waals surface area contributed by atoms with Crippen molar-refractivity contribution in [3.05, 3.63) is 59.9 Å². The van der Waals surface area contributed by atoms with Gasteiger partial charge in [-0.05, 0) is 44.2 Å². The zero-order chi connectivity index (χ0) is 22.6. The van der Waals surface area contributed by atoms with Crippen molar-refractivity contribution in [2.75, 3.05) is 31.5 Å². The first kappa shape index (κ1) is 22.7. The second kappa shape index (κ2) is 9.44. The Morgan fingerprint density at radius 3 is 2.32 bits per heavy atom. The van der Waals surface area contributed by atoms with E-state index in [9.17, 15) is 22.4 Å². The van der Waals surface area contributed by atoms with Gasteiger partial charge < -0.3 is 15.5 Å². The predicted molar refractivity (Wildman–Crippen MR) is 115 cm³/mol. The minimum Gasteiger partial charge on any atom is -0.336 e. The average molecular weight is 449 g/mol. The molecule has 0 aliphatic carbocycles. The van der Waals surface area contributed by atoms with Crippen LogP contribution in [0.25, 0.3) is 0 Å². The summed E-state index contributed by atoms with van der Waals surface area (Å²) in [6.45, 7) is 4.20. The lowest BCUT2D eigenvalue weighted by molar-refractivity contribution is 0.0699. The molecular weight excluding hydrogens is 423 g/mol. The van der Waals surface area contributed by atoms with Crippen molar-refractivity contribution in [1.29, 1.82) is 0 Å². The first-order valence-corrected chi connectivity index (χ1v) is 11.3. The number of urea groups is 1. The van der Waals surface area contributed by atoms with Crippen molar-refractivity contribution in [2.24, 2.45) is 0 Å². The largest absolute Gasteiger partial charge is 0.336 e. The number of sulfonamides is 1. The van der Waals surface area contributed by atoms with E-state index < -0.39 is 21.9 Å². The number of hydrogen-bond acceptors (Lipinski definition) is 4. The third-order valence-electron chi connectivity index (χ3n) is 4.79. The van der Waals surface area contributed by atoms with E-state index in [1.807, 2.05) is 13.8 Å². The van der Waals surface area contributed by atoms with Crippen LogP contribution in [-0.4, -0.2) is 61.8 Å². The van der Waals surface area contributed by atoms with Crippen LogP contribution in [0, 0.1) is 5.82 Å². The maximum atomic E-state index is 13.4. The van der Waals surface area contributed by atoms with E-state index in [1.165, 1.54) is 22.5 Å². The number of rotatable bonds is 5. The molecule has 3 rings (SSSR count). The molecule has 2 N–H and O–H groups in total. The van der Waals surface area contributed by atoms with E-state index in [0.717, 1.165) is 6.07 Å². The highest BCUT2D eigenvalue weighted by atomic mass is 32.2. The van der Waals surface area contributed by atoms with Gasteiger partial charge in [-0.15, -0.1) is 0 Å². The van der Waals surface area contributed by atoms with Crippen LogP contribution in [0.15, 0.2) is 53.4 Å². The Morgan fingerprint density at radius 2 is 1.68 bits per heavy atom. The maximum Gasteiger partial charge on any atom is 0.319 e. The van der Waals surface area contributed by atoms with E-state index in [4.69, 9.17) is 0 Å². The summed E-state index contributed by atoms with van der Waals surface area (Å²) >= 11 is 0. The lowest BCUT2D eigenvalue weighted by Crippen LogP contribution is -2.50. The van der Waals surface area contributed by atoms with Crippen LogP contribution in [0.1, 0.15) is 24.2 Å². The van der Waals surface area contributed by atoms with Gasteiger partial charge in [0.1, 0.15) is 5.82 Å². The highest BCUT2D eigenvalue weighted by Gasteiger charge is 2.31. The summed E-state index contributed by atoms with van der Waals surface area (Å²) < 4.78 is 40.2. The molecule has 2 aromatic rings. The number of nitrogens with one attached hydrogen (secondary N) is 2. The minimum atomic E-state index is -3.84. The van der Waals surface area contributed by atoms with E-state index in [0.29, 0.717) is 11.3 Å². The van der Waals surface area contributed by atoms with Gasteiger partial charge in [-0.25, -0.2) is 17.6 Å². The summed E-state index contributed by atoms with van der Waals surface area (Å²) in [5.41, 5.74) is 0.698. The Balaban J connectivity index is 1.69. The van der Waals surface area contributed by atoms with Crippen LogP contribution in [0.2, 0.25) is 0 Å². The molecule has 31 heavy (non-hydrogen) atoms. The summed E-state index contributed by atoms with van der Waals surface area (Å²) in [6, 6.07) is 11.0. The average Bonchev–Trinajstić information content (AvgIpc) is 2.73. The second-order valence-corrected chi connectivity index (χ2v) is 9.39. The van der Waals surface area contributed by atoms with E-state index in [1.54, 1.807) is 29.2 Å². The number of nitrogens with zero attached hydrogens (tertiary/aromatic N) is 2. The number of carbonyl (C=O) groups is 2. The summed E-state index contributed by atoms with van der Waals surface area (Å²) in [7, 11) is -3.84. The molecule has 0 unspecified atom stereocenters. The maximum absolute atomic E-state index is 13.4. The first-order chi connectivity index (χ1) is 14.7. The minimum absolute atomic E-state index is 0.0593. The zero-order valence-electron chi connectivity index (χ0n) is 17.3. The van der Waals surface area contributed by atoms with Gasteiger partial charge in [0.25, 0.3) is 5.91 Å². The number of piperazine rings is 1. The Kier molecular flexibility index (Phi) is 6.91. The van der Waals surface area contributed by atoms with E-state index in [-0.39, 0.29) is 43.0 Å². The first-order valence-electron chi connectivity index (χ1n) is 9.90. The smallest absolute Gasteiger partial charge is 0.319 e. The van der Waals surface area contributed by atoms with Gasteiger partial charge in [-0.2, -0.15) is 4.31 Å². The van der Waals surface area contributed by atoms with Gasteiger partial charge in [-0.1, -0.05) is 18.2 Å². The highest BCUT2D eigenvalue weighted by Crippen LogP contribution is 2.21. The van der Waals surface area contributed by atoms with Gasteiger partial charge in [0, 0.05) is 32.2 Å². The number of para-hydroxylation sites is 1. The Bertz CT molecular complexity index is 1070. The number of anilines is 1. The molecule has 1 fully saturated rings. The molecule has 166 valence electrons. The Labute approximate surface area is 181 Å². The summed E-state index contributed by atoms with van der Waals surface area (Å²) in [5.74, 6) is -0.927. The van der Waals surface area contributed by atoms with Crippen molar-refractivity contribution in [1.82, 2.24) is 14.5 Å². The van der Waals surface area contributed by atoms with Crippen molar-refractivity contribution in [3.63, 3.8) is 0 Å². The molecule has 0 radical (unpaired) electrons. The quantitative estimate of drug-likeness (QED) is 0.734. The van der Waals surface area contributed by atoms with Gasteiger partial charge in [0.2, 0.25) is 10.0 Å². The molecule has 1 saturated heterocycles. The molecule has 0 atom stereocenters. The van der Waals surface area contributed by atoms with Crippen molar-refractivity contribution < 1.29 is 22.4 Å². The van der Waals surface area contributed by atoms with Crippen LogP contribution >= 0.6 is 0 Å². The number of carbonyl (C=O) groups excluding carboxylic acids is 2. The monoisotopic (exact) mass is 448 g/mol. The van der Waals surface area contributed by atoms with Crippen LogP contribution in [0.5, 0.6) is 0 Å². The van der Waals surface area contributed by atoms with Gasteiger partial charge >= 0.3 is 6.03 Å². The standard InChI is InChI=1S/C21H25FN4O4S/c1-15(2)23-21(28)24-19-9-4-3-8-18(19)20(27)25-10-12-26(13-11-25)31(29,30)17-7-5-6-16(22)14-17/h3-9,14-15H,10-13H2,1-2H3,(H2,23,24,28). The molecule has 1 aliphatic rings. The molecule has 0 bridgehead atoms. The SMILES string of the molecule is CC(C)NC(=O)Nc1ccccc1C(=O)N1CCN(S(=O)(=O)c2cccc(F)c2)CC1. The van der Waals surface area contributed by atoms with Crippen molar-refractivity contribution in [3.8, 4) is 0 Å². The van der Waals surface area contributed by atoms with Crippen molar-refractivity contribution >= 4 is 27.6 Å². The van der Waals surface area contributed by atoms with Gasteiger partial charge in [0.05, 0.1) is 16.1 Å². The fraction of sp³-hybridized carbons (Fsp3) is 0.333. The highest BCUT2D eigenvalue weighted by molar-refractivity contribution is 7.89. The van der Waals surface area contributed by atoms with E-state index >= 15 is 0 Å². The molecule has 0 spiro atoms. The summed E-state index contributed by atoms with van der Waals surface area (Å²) in [6.07, 6.45) is 0. The number of halogens is 1. The van der Waals surface area contributed by atoms with E-state index in [2.05, 4.69) is 10.6 Å². The van der Waals surface area contributed by atoms with Crippen LogP contribution < -0.4 is 10.6 Å². The molecule has 10 heteroatoms. The number of hydrogen-bond donors (Lipinski definition) is 2. The molecule has 3 amide bonds. The topological polar surface area (TPSA) is 98.8 Å². The molecular formula is C21H25FN4O4S. The molecule has 8 nitrogen and oxygen atoms in total. The van der Waals surface area contributed by atoms with Gasteiger partial charge in [0.15, 0.2) is 0 Å². The summed E-state index contributed by atoms with van der Waals surface area (Å²) in [5, 5.41) is 5.39. The predicted octanol–water partition coefficient (Wildman–Crippen LogP) is 2.50. The van der Waals surface area contributed by atoms with Crippen LogP contribution in [-0.2, 0) is 10.0 Å². The molecule has 1 aliphatic heterocycles. The fourth-order valence-electron chi connectivity index (χ4n) is 3.28. The van der Waals surface area contributed by atoms with Crippen molar-refractivity contribution in [2.45, 2.75) is 24.8 Å². The molecule has 2 aromatic carbocycles. The molecule has 0 aromatic heterocycles. The fourth-order valence-corrected chi connectivity index (χ4v) is 4.73. The second-order valence-electron chi connectivity index (χ2n) is 7.45. The summed E-state index contributed by atoms with van der Waals surface area (Å²) in [4.78, 5) is 26.5. The Hall–Kier alpha value is -2.98. The lowest BCUT2D eigenvalue weighted by Gasteiger charge is -2.34.